The van der Waals surface area contributed by atoms with Crippen LogP contribution in [0.25, 0.3) is 10.9 Å². The van der Waals surface area contributed by atoms with Gasteiger partial charge in [0.25, 0.3) is 5.91 Å². The number of nitriles is 1. The third-order valence-electron chi connectivity index (χ3n) is 7.70. The number of amides is 3. The molecule has 0 saturated carbocycles. The number of fused-ring (bicyclic) bond motifs is 1. The topological polar surface area (TPSA) is 148 Å². The predicted molar refractivity (Wildman–Crippen MR) is 150 cm³/mol. The Labute approximate surface area is 230 Å². The summed E-state index contributed by atoms with van der Waals surface area (Å²) in [7, 11) is 3.50. The van der Waals surface area contributed by atoms with E-state index in [9.17, 15) is 19.6 Å². The summed E-state index contributed by atoms with van der Waals surface area (Å²) in [6, 6.07) is 8.06. The Bertz CT molecular complexity index is 1200. The Hall–Kier alpha value is -3.58. The van der Waals surface area contributed by atoms with Crippen LogP contribution >= 0.6 is 0 Å². The van der Waals surface area contributed by atoms with E-state index in [1.165, 1.54) is 0 Å². The van der Waals surface area contributed by atoms with Crippen LogP contribution in [0.15, 0.2) is 24.3 Å². The normalized spacial score (nSPS) is 17.6. The smallest absolute Gasteiger partial charge is 0.268 e. The van der Waals surface area contributed by atoms with E-state index < -0.39 is 18.0 Å². The first-order valence-corrected chi connectivity index (χ1v) is 13.7. The molecule has 3 rings (SSSR count). The molecule has 0 aliphatic carbocycles. The van der Waals surface area contributed by atoms with Crippen LogP contribution in [0.4, 0.5) is 0 Å². The quantitative estimate of drug-likeness (QED) is 0.250. The van der Waals surface area contributed by atoms with Crippen LogP contribution in [0, 0.1) is 23.2 Å². The third kappa shape index (κ3) is 8.20. The van der Waals surface area contributed by atoms with Crippen LogP contribution in [0.3, 0.4) is 0 Å². The van der Waals surface area contributed by atoms with Crippen LogP contribution in [-0.4, -0.2) is 61.0 Å². The third-order valence-corrected chi connectivity index (χ3v) is 7.70. The minimum absolute atomic E-state index is 0.0432. The monoisotopic (exact) mass is 538 g/mol. The summed E-state index contributed by atoms with van der Waals surface area (Å²) in [5.74, 6) is -0.244. The van der Waals surface area contributed by atoms with E-state index in [2.05, 4.69) is 53.1 Å². The number of ether oxygens (including phenoxy) is 1. The van der Waals surface area contributed by atoms with Crippen molar-refractivity contribution in [1.29, 1.82) is 5.26 Å². The van der Waals surface area contributed by atoms with E-state index in [-0.39, 0.29) is 35.6 Å². The first-order chi connectivity index (χ1) is 18.6. The zero-order chi connectivity index (χ0) is 28.6. The number of methoxy groups -OCH3 is 1. The van der Waals surface area contributed by atoms with Crippen molar-refractivity contribution in [2.24, 2.45) is 11.8 Å². The maximum Gasteiger partial charge on any atom is 0.268 e. The first-order valence-electron chi connectivity index (χ1n) is 13.7. The van der Waals surface area contributed by atoms with Gasteiger partial charge >= 0.3 is 0 Å². The number of aromatic amines is 1. The number of carbonyl (C=O) groups excluding carboxylic acids is 3. The second kappa shape index (κ2) is 13.5. The SMILES string of the molecule is CNC(C)(C)CCC(C)C[C@H](NC(=O)c1cc2c(OC)cccc2[nH]1)C(=O)N[C@H](CC#N)C[C@@H]1CCNC1=O. The Kier molecular flexibility index (Phi) is 10.4. The molecular formula is C29H42N6O4. The average molecular weight is 539 g/mol. The van der Waals surface area contributed by atoms with E-state index in [0.29, 0.717) is 37.3 Å². The largest absolute Gasteiger partial charge is 0.496 e. The van der Waals surface area contributed by atoms with Gasteiger partial charge < -0.3 is 31.0 Å². The van der Waals surface area contributed by atoms with Gasteiger partial charge in [0.15, 0.2) is 0 Å². The molecule has 1 aliphatic rings. The molecule has 2 heterocycles. The van der Waals surface area contributed by atoms with E-state index in [1.807, 2.05) is 25.2 Å². The molecule has 1 aliphatic heterocycles. The van der Waals surface area contributed by atoms with Crippen LogP contribution in [0.5, 0.6) is 5.75 Å². The van der Waals surface area contributed by atoms with Crippen LogP contribution in [-0.2, 0) is 9.59 Å². The van der Waals surface area contributed by atoms with E-state index in [0.717, 1.165) is 23.7 Å². The molecule has 1 aromatic carbocycles. The van der Waals surface area contributed by atoms with Crippen molar-refractivity contribution in [1.82, 2.24) is 26.3 Å². The summed E-state index contributed by atoms with van der Waals surface area (Å²) in [4.78, 5) is 42.1. The van der Waals surface area contributed by atoms with E-state index in [1.54, 1.807) is 13.2 Å². The maximum atomic E-state index is 13.5. The van der Waals surface area contributed by atoms with Crippen molar-refractivity contribution in [2.75, 3.05) is 20.7 Å². The highest BCUT2D eigenvalue weighted by atomic mass is 16.5. The van der Waals surface area contributed by atoms with Crippen molar-refractivity contribution in [3.05, 3.63) is 30.0 Å². The molecule has 0 spiro atoms. The fourth-order valence-electron chi connectivity index (χ4n) is 4.97. The molecule has 5 N–H and O–H groups in total. The van der Waals surface area contributed by atoms with Gasteiger partial charge in [-0.05, 0) is 77.1 Å². The standard InChI is InChI=1S/C29H42N6O4/c1-18(9-12-29(2,3)31-4)15-23(27(37)33-20(10-13-30)16-19-11-14-32-26(19)36)35-28(38)24-17-21-22(34-24)7-6-8-25(21)39-5/h6-8,17-20,23,31,34H,9-12,14-16H2,1-5H3,(H,32,36)(H,33,37)(H,35,38)/t18?,19-,20+,23-/m0/s1. The molecule has 0 bridgehead atoms. The molecular weight excluding hydrogens is 496 g/mol. The zero-order valence-electron chi connectivity index (χ0n) is 23.6. The van der Waals surface area contributed by atoms with Gasteiger partial charge in [-0.15, -0.1) is 0 Å². The number of aromatic nitrogens is 1. The number of rotatable bonds is 14. The summed E-state index contributed by atoms with van der Waals surface area (Å²) >= 11 is 0. The number of H-pyrrole nitrogens is 1. The number of carbonyl (C=O) groups is 3. The Morgan fingerprint density at radius 1 is 1.28 bits per heavy atom. The van der Waals surface area contributed by atoms with Gasteiger partial charge in [-0.2, -0.15) is 5.26 Å². The molecule has 3 amide bonds. The summed E-state index contributed by atoms with van der Waals surface area (Å²) in [5, 5.41) is 22.1. The van der Waals surface area contributed by atoms with E-state index >= 15 is 0 Å². The lowest BCUT2D eigenvalue weighted by atomic mass is 9.89. The van der Waals surface area contributed by atoms with Gasteiger partial charge in [0.2, 0.25) is 11.8 Å². The van der Waals surface area contributed by atoms with Gasteiger partial charge in [-0.3, -0.25) is 14.4 Å². The molecule has 212 valence electrons. The minimum Gasteiger partial charge on any atom is -0.496 e. The van der Waals surface area contributed by atoms with Crippen molar-refractivity contribution in [3.8, 4) is 11.8 Å². The summed E-state index contributed by atoms with van der Waals surface area (Å²) in [6.07, 6.45) is 3.36. The average Bonchev–Trinajstić information content (AvgIpc) is 3.53. The Morgan fingerprint density at radius 3 is 2.69 bits per heavy atom. The summed E-state index contributed by atoms with van der Waals surface area (Å²) in [6.45, 7) is 6.93. The molecule has 1 unspecified atom stereocenters. The Morgan fingerprint density at radius 2 is 2.05 bits per heavy atom. The Balaban J connectivity index is 1.77. The highest BCUT2D eigenvalue weighted by Gasteiger charge is 2.31. The molecule has 4 atom stereocenters. The number of nitrogens with zero attached hydrogens (tertiary/aromatic N) is 1. The van der Waals surface area contributed by atoms with Crippen molar-refractivity contribution < 1.29 is 19.1 Å². The molecule has 1 aromatic heterocycles. The number of hydrogen-bond donors (Lipinski definition) is 5. The van der Waals surface area contributed by atoms with Gasteiger partial charge in [0, 0.05) is 34.9 Å². The second-order valence-electron chi connectivity index (χ2n) is 11.2. The lowest BCUT2D eigenvalue weighted by molar-refractivity contribution is -0.126. The molecule has 1 saturated heterocycles. The first kappa shape index (κ1) is 30.0. The number of nitrogens with one attached hydrogen (secondary N) is 5. The fraction of sp³-hybridized carbons (Fsp3) is 0.586. The van der Waals surface area contributed by atoms with Crippen molar-refractivity contribution in [3.63, 3.8) is 0 Å². The zero-order valence-corrected chi connectivity index (χ0v) is 23.6. The number of benzene rings is 1. The lowest BCUT2D eigenvalue weighted by Crippen LogP contribution is -2.51. The summed E-state index contributed by atoms with van der Waals surface area (Å²) < 4.78 is 5.41. The van der Waals surface area contributed by atoms with Crippen LogP contribution in [0.1, 0.15) is 69.8 Å². The van der Waals surface area contributed by atoms with Crippen LogP contribution < -0.4 is 26.0 Å². The van der Waals surface area contributed by atoms with Crippen LogP contribution in [0.2, 0.25) is 0 Å². The van der Waals surface area contributed by atoms with E-state index in [4.69, 9.17) is 4.74 Å². The molecule has 2 aromatic rings. The fourth-order valence-corrected chi connectivity index (χ4v) is 4.97. The maximum absolute atomic E-state index is 13.5. The van der Waals surface area contributed by atoms with Gasteiger partial charge in [0.1, 0.15) is 17.5 Å². The number of hydrogen-bond acceptors (Lipinski definition) is 6. The highest BCUT2D eigenvalue weighted by molar-refractivity contribution is 6.01. The highest BCUT2D eigenvalue weighted by Crippen LogP contribution is 2.26. The molecule has 1 fully saturated rings. The minimum atomic E-state index is -0.808. The van der Waals surface area contributed by atoms with Gasteiger partial charge in [0.05, 0.1) is 19.6 Å². The molecule has 39 heavy (non-hydrogen) atoms. The van der Waals surface area contributed by atoms with Gasteiger partial charge in [-0.1, -0.05) is 13.0 Å². The lowest BCUT2D eigenvalue weighted by Gasteiger charge is -2.28. The predicted octanol–water partition coefficient (Wildman–Crippen LogP) is 3.00. The van der Waals surface area contributed by atoms with Crippen molar-refractivity contribution in [2.45, 2.75) is 76.9 Å². The van der Waals surface area contributed by atoms with Gasteiger partial charge in [-0.25, -0.2) is 0 Å². The summed E-state index contributed by atoms with van der Waals surface area (Å²) in [5.41, 5.74) is 1.04. The van der Waals surface area contributed by atoms with Crippen molar-refractivity contribution >= 4 is 28.6 Å². The second-order valence-corrected chi connectivity index (χ2v) is 11.2. The molecule has 10 heteroatoms. The molecule has 10 nitrogen and oxygen atoms in total. The molecule has 0 radical (unpaired) electrons.